The number of nitrogens with zero attached hydrogens (tertiary/aromatic N) is 1. The number of fused-ring (bicyclic) bond motifs is 3. The van der Waals surface area contributed by atoms with E-state index in [-0.39, 0.29) is 17.6 Å². The number of H-pyrrole nitrogens is 1. The average Bonchev–Trinajstić information content (AvgIpc) is 3.12. The smallest absolute Gasteiger partial charge is 0.235 e. The Morgan fingerprint density at radius 1 is 1.29 bits per heavy atom. The number of benzene rings is 2. The topological polar surface area (TPSA) is 57.8 Å². The monoisotopic (exact) mass is 321 g/mol. The first-order valence-electron chi connectivity index (χ1n) is 8.22. The Labute approximate surface area is 138 Å². The zero-order valence-electron chi connectivity index (χ0n) is 13.2. The summed E-state index contributed by atoms with van der Waals surface area (Å²) in [6, 6.07) is 10.7. The molecule has 5 heteroatoms. The fourth-order valence-corrected chi connectivity index (χ4v) is 4.14. The lowest BCUT2D eigenvalue weighted by atomic mass is 9.91. The maximum Gasteiger partial charge on any atom is 0.235 e. The molecule has 1 aliphatic heterocycles. The van der Waals surface area contributed by atoms with Crippen LogP contribution in [-0.2, 0) is 16.6 Å². The van der Waals surface area contributed by atoms with Gasteiger partial charge in [0, 0.05) is 22.7 Å². The molecule has 1 aliphatic carbocycles. The van der Waals surface area contributed by atoms with E-state index in [1.165, 1.54) is 12.1 Å². The van der Waals surface area contributed by atoms with E-state index >= 15 is 0 Å². The van der Waals surface area contributed by atoms with Crippen LogP contribution in [0.25, 0.3) is 10.9 Å². The highest BCUT2D eigenvalue weighted by Crippen LogP contribution is 2.65. The summed E-state index contributed by atoms with van der Waals surface area (Å²) in [4.78, 5) is 12.6. The van der Waals surface area contributed by atoms with E-state index in [4.69, 9.17) is 0 Å². The number of anilines is 1. The number of nitrogens with one attached hydrogen (secondary N) is 2. The first-order chi connectivity index (χ1) is 11.6. The highest BCUT2D eigenvalue weighted by molar-refractivity contribution is 6.09. The van der Waals surface area contributed by atoms with Gasteiger partial charge < -0.3 is 5.32 Å². The first-order valence-corrected chi connectivity index (χ1v) is 8.22. The Balaban J connectivity index is 1.59. The van der Waals surface area contributed by atoms with Gasteiger partial charge in [0.15, 0.2) is 0 Å². The Bertz CT molecular complexity index is 1010. The van der Waals surface area contributed by atoms with Gasteiger partial charge in [-0.25, -0.2) is 4.39 Å². The molecule has 1 amide bonds. The summed E-state index contributed by atoms with van der Waals surface area (Å²) >= 11 is 0. The number of amides is 1. The van der Waals surface area contributed by atoms with E-state index in [0.29, 0.717) is 6.42 Å². The Morgan fingerprint density at radius 3 is 3.00 bits per heavy atom. The predicted octanol–water partition coefficient (Wildman–Crippen LogP) is 3.64. The highest BCUT2D eigenvalue weighted by atomic mass is 19.1. The largest absolute Gasteiger partial charge is 0.325 e. The van der Waals surface area contributed by atoms with Gasteiger partial charge in [-0.15, -0.1) is 0 Å². The lowest BCUT2D eigenvalue weighted by Gasteiger charge is -2.09. The molecule has 2 aromatic carbocycles. The fraction of sp³-hybridized carbons (Fsp3) is 0.263. The summed E-state index contributed by atoms with van der Waals surface area (Å²) in [6.45, 7) is 2.09. The molecular formula is C19H16FN3O. The van der Waals surface area contributed by atoms with Crippen LogP contribution in [0, 0.1) is 5.82 Å². The fourth-order valence-electron chi connectivity index (χ4n) is 4.14. The Morgan fingerprint density at radius 2 is 2.17 bits per heavy atom. The van der Waals surface area contributed by atoms with Gasteiger partial charge >= 0.3 is 0 Å². The molecule has 120 valence electrons. The molecule has 1 fully saturated rings. The molecule has 1 aromatic heterocycles. The van der Waals surface area contributed by atoms with Crippen LogP contribution >= 0.6 is 0 Å². The van der Waals surface area contributed by atoms with Crippen molar-refractivity contribution in [3.63, 3.8) is 0 Å². The van der Waals surface area contributed by atoms with Gasteiger partial charge in [0.05, 0.1) is 10.9 Å². The van der Waals surface area contributed by atoms with Crippen LogP contribution < -0.4 is 5.32 Å². The summed E-state index contributed by atoms with van der Waals surface area (Å²) < 4.78 is 13.7. The van der Waals surface area contributed by atoms with Crippen LogP contribution in [0.2, 0.25) is 0 Å². The second-order valence-corrected chi connectivity index (χ2v) is 6.70. The number of hydrogen-bond acceptors (Lipinski definition) is 2. The van der Waals surface area contributed by atoms with Crippen molar-refractivity contribution in [2.45, 2.75) is 31.1 Å². The van der Waals surface area contributed by atoms with Crippen molar-refractivity contribution in [1.29, 1.82) is 0 Å². The second kappa shape index (κ2) is 4.44. The number of aromatic amines is 1. The molecule has 5 rings (SSSR count). The first kappa shape index (κ1) is 13.7. The Kier molecular flexibility index (Phi) is 2.54. The third-order valence-corrected chi connectivity index (χ3v) is 5.49. The molecule has 2 heterocycles. The molecule has 1 saturated carbocycles. The normalized spacial score (nSPS) is 24.4. The molecule has 2 N–H and O–H groups in total. The van der Waals surface area contributed by atoms with Gasteiger partial charge in [-0.3, -0.25) is 9.89 Å². The zero-order valence-corrected chi connectivity index (χ0v) is 13.2. The van der Waals surface area contributed by atoms with Gasteiger partial charge in [0.2, 0.25) is 5.91 Å². The lowest BCUT2D eigenvalue weighted by Crippen LogP contribution is -2.21. The van der Waals surface area contributed by atoms with Crippen molar-refractivity contribution in [3.05, 3.63) is 59.0 Å². The van der Waals surface area contributed by atoms with E-state index < -0.39 is 5.41 Å². The molecule has 0 radical (unpaired) electrons. The minimum atomic E-state index is -0.616. The van der Waals surface area contributed by atoms with Crippen molar-refractivity contribution in [2.75, 3.05) is 5.32 Å². The van der Waals surface area contributed by atoms with Crippen molar-refractivity contribution >= 4 is 22.5 Å². The van der Waals surface area contributed by atoms with Crippen molar-refractivity contribution in [1.82, 2.24) is 10.2 Å². The van der Waals surface area contributed by atoms with Crippen LogP contribution in [0.1, 0.15) is 36.1 Å². The predicted molar refractivity (Wildman–Crippen MR) is 89.5 cm³/mol. The standard InChI is InChI=1S/C19H16FN3O/c1-2-15-12-5-3-10(7-17(12)23-22-15)14-9-19(14)13-8-11(20)4-6-16(13)21-18(19)24/h3-8,14H,2,9H2,1H3,(H,21,24)(H,22,23). The lowest BCUT2D eigenvalue weighted by molar-refractivity contribution is -0.118. The summed E-state index contributed by atoms with van der Waals surface area (Å²) in [5.41, 5.74) is 4.03. The van der Waals surface area contributed by atoms with E-state index in [1.807, 2.05) is 0 Å². The summed E-state index contributed by atoms with van der Waals surface area (Å²) in [5.74, 6) is -0.248. The third kappa shape index (κ3) is 1.62. The van der Waals surface area contributed by atoms with Gasteiger partial charge in [-0.05, 0) is 48.2 Å². The van der Waals surface area contributed by atoms with Gasteiger partial charge in [0.25, 0.3) is 0 Å². The third-order valence-electron chi connectivity index (χ3n) is 5.49. The highest BCUT2D eigenvalue weighted by Gasteiger charge is 2.65. The molecule has 4 nitrogen and oxygen atoms in total. The number of halogens is 1. The van der Waals surface area contributed by atoms with Crippen LogP contribution in [0.15, 0.2) is 36.4 Å². The summed E-state index contributed by atoms with van der Waals surface area (Å²) in [5, 5.41) is 11.5. The minimum absolute atomic E-state index is 0.0236. The van der Waals surface area contributed by atoms with Gasteiger partial charge in [-0.2, -0.15) is 5.10 Å². The van der Waals surface area contributed by atoms with Crippen molar-refractivity contribution in [3.8, 4) is 0 Å². The molecular weight excluding hydrogens is 305 g/mol. The number of rotatable bonds is 2. The quantitative estimate of drug-likeness (QED) is 0.757. The van der Waals surface area contributed by atoms with Gasteiger partial charge in [-0.1, -0.05) is 19.1 Å². The van der Waals surface area contributed by atoms with E-state index in [1.54, 1.807) is 6.07 Å². The van der Waals surface area contributed by atoms with Crippen LogP contribution in [0.3, 0.4) is 0 Å². The SMILES string of the molecule is CCc1[nH]nc2cc(C3CC34C(=O)Nc3ccc(F)cc34)ccc12. The Hall–Kier alpha value is -2.69. The molecule has 0 saturated heterocycles. The maximum absolute atomic E-state index is 13.7. The molecule has 1 spiro atoms. The molecule has 2 aliphatic rings. The van der Waals surface area contributed by atoms with Crippen LogP contribution in [-0.4, -0.2) is 16.1 Å². The average molecular weight is 321 g/mol. The number of hydrogen-bond donors (Lipinski definition) is 2. The van der Waals surface area contributed by atoms with Crippen LogP contribution in [0.4, 0.5) is 10.1 Å². The number of carbonyl (C=O) groups excluding carboxylic acids is 1. The zero-order chi connectivity index (χ0) is 16.5. The number of carbonyl (C=O) groups is 1. The molecule has 2 unspecified atom stereocenters. The van der Waals surface area contributed by atoms with Crippen LogP contribution in [0.5, 0.6) is 0 Å². The molecule has 0 bridgehead atoms. The van der Waals surface area contributed by atoms with Crippen molar-refractivity contribution in [2.24, 2.45) is 0 Å². The van der Waals surface area contributed by atoms with E-state index in [0.717, 1.165) is 39.8 Å². The molecule has 2 atom stereocenters. The maximum atomic E-state index is 13.7. The summed E-state index contributed by atoms with van der Waals surface area (Å²) in [6.07, 6.45) is 1.62. The van der Waals surface area contributed by atoms with Crippen molar-refractivity contribution < 1.29 is 9.18 Å². The second-order valence-electron chi connectivity index (χ2n) is 6.70. The van der Waals surface area contributed by atoms with E-state index in [2.05, 4.69) is 40.6 Å². The number of aryl methyl sites for hydroxylation is 1. The molecule has 3 aromatic rings. The number of aromatic nitrogens is 2. The molecule has 24 heavy (non-hydrogen) atoms. The van der Waals surface area contributed by atoms with Gasteiger partial charge in [0.1, 0.15) is 5.82 Å². The van der Waals surface area contributed by atoms with E-state index in [9.17, 15) is 9.18 Å². The summed E-state index contributed by atoms with van der Waals surface area (Å²) in [7, 11) is 0. The minimum Gasteiger partial charge on any atom is -0.325 e.